The van der Waals surface area contributed by atoms with Crippen LogP contribution in [0.5, 0.6) is 5.75 Å². The number of thioether (sulfide) groups is 1. The lowest BCUT2D eigenvalue weighted by Gasteiger charge is -2.32. The van der Waals surface area contributed by atoms with Gasteiger partial charge >= 0.3 is 7.12 Å². The Hall–Kier alpha value is -0.645. The molecule has 23 heavy (non-hydrogen) atoms. The molecule has 1 aliphatic heterocycles. The van der Waals surface area contributed by atoms with Gasteiger partial charge in [0.05, 0.1) is 17.3 Å². The normalized spacial score (nSPS) is 23.4. The fraction of sp³-hybridized carbons (Fsp3) is 0.667. The van der Waals surface area contributed by atoms with Crippen LogP contribution in [-0.2, 0) is 9.31 Å². The lowest BCUT2D eigenvalue weighted by atomic mass is 9.79. The van der Waals surface area contributed by atoms with E-state index in [-0.39, 0.29) is 18.3 Å². The molecule has 0 bridgehead atoms. The van der Waals surface area contributed by atoms with Gasteiger partial charge in [0.2, 0.25) is 0 Å². The summed E-state index contributed by atoms with van der Waals surface area (Å²) in [6.45, 7) is 8.33. The smallest absolute Gasteiger partial charge is 0.489 e. The van der Waals surface area contributed by atoms with Crippen LogP contribution >= 0.6 is 11.8 Å². The van der Waals surface area contributed by atoms with E-state index in [4.69, 9.17) is 14.0 Å². The van der Waals surface area contributed by atoms with Gasteiger partial charge in [-0.05, 0) is 77.2 Å². The second-order valence-electron chi connectivity index (χ2n) is 7.52. The largest absolute Gasteiger partial charge is 0.494 e. The Bertz CT molecular complexity index is 551. The summed E-state index contributed by atoms with van der Waals surface area (Å²) in [6, 6.07) is 6.32. The van der Waals surface area contributed by atoms with Crippen molar-refractivity contribution in [1.29, 1.82) is 0 Å². The van der Waals surface area contributed by atoms with Gasteiger partial charge in [0.25, 0.3) is 0 Å². The van der Waals surface area contributed by atoms with Crippen LogP contribution in [0.1, 0.15) is 53.4 Å². The lowest BCUT2D eigenvalue weighted by molar-refractivity contribution is 0.00578. The van der Waals surface area contributed by atoms with E-state index in [9.17, 15) is 0 Å². The highest BCUT2D eigenvalue weighted by atomic mass is 32.2. The second kappa shape index (κ2) is 6.34. The summed E-state index contributed by atoms with van der Waals surface area (Å²) in [5.74, 6) is 0.969. The van der Waals surface area contributed by atoms with Gasteiger partial charge < -0.3 is 14.0 Å². The maximum absolute atomic E-state index is 6.27. The minimum atomic E-state index is -0.332. The molecule has 0 spiro atoms. The first-order valence-electron chi connectivity index (χ1n) is 8.53. The van der Waals surface area contributed by atoms with Crippen molar-refractivity contribution in [2.45, 2.75) is 75.6 Å². The quantitative estimate of drug-likeness (QED) is 0.614. The molecule has 5 heteroatoms. The molecule has 1 saturated heterocycles. The summed E-state index contributed by atoms with van der Waals surface area (Å²) in [7, 11) is -0.332. The van der Waals surface area contributed by atoms with Crippen molar-refractivity contribution < 1.29 is 14.0 Å². The Morgan fingerprint density at radius 2 is 1.70 bits per heavy atom. The molecule has 0 radical (unpaired) electrons. The first-order valence-corrected chi connectivity index (χ1v) is 9.75. The summed E-state index contributed by atoms with van der Waals surface area (Å²) in [6.07, 6.45) is 7.32. The van der Waals surface area contributed by atoms with Crippen molar-refractivity contribution in [3.05, 3.63) is 18.2 Å². The molecule has 126 valence electrons. The third-order valence-corrected chi connectivity index (χ3v) is 6.09. The number of hydrogen-bond acceptors (Lipinski definition) is 4. The summed E-state index contributed by atoms with van der Waals surface area (Å²) < 4.78 is 18.6. The van der Waals surface area contributed by atoms with Crippen molar-refractivity contribution in [1.82, 2.24) is 0 Å². The van der Waals surface area contributed by atoms with E-state index in [2.05, 4.69) is 52.1 Å². The predicted molar refractivity (Wildman–Crippen MR) is 96.8 cm³/mol. The van der Waals surface area contributed by atoms with Crippen molar-refractivity contribution in [2.75, 3.05) is 6.26 Å². The summed E-state index contributed by atoms with van der Waals surface area (Å²) >= 11 is 1.72. The van der Waals surface area contributed by atoms with E-state index < -0.39 is 0 Å². The van der Waals surface area contributed by atoms with Gasteiger partial charge in [0, 0.05) is 4.90 Å². The summed E-state index contributed by atoms with van der Waals surface area (Å²) in [5.41, 5.74) is 0.402. The van der Waals surface area contributed by atoms with E-state index in [1.807, 2.05) is 0 Å². The average Bonchev–Trinajstić information content (AvgIpc) is 3.05. The summed E-state index contributed by atoms with van der Waals surface area (Å²) in [5, 5.41) is 0. The summed E-state index contributed by atoms with van der Waals surface area (Å²) in [4.78, 5) is 1.18. The molecule has 1 heterocycles. The monoisotopic (exact) mass is 334 g/mol. The van der Waals surface area contributed by atoms with Gasteiger partial charge in [-0.15, -0.1) is 11.8 Å². The molecular formula is C18H27BO3S. The molecule has 3 nitrogen and oxygen atoms in total. The van der Waals surface area contributed by atoms with Crippen molar-refractivity contribution in [3.63, 3.8) is 0 Å². The van der Waals surface area contributed by atoms with Crippen LogP contribution < -0.4 is 10.2 Å². The van der Waals surface area contributed by atoms with E-state index >= 15 is 0 Å². The Kier molecular flexibility index (Phi) is 4.74. The molecule has 0 aromatic heterocycles. The maximum atomic E-state index is 6.27. The first-order chi connectivity index (χ1) is 10.8. The van der Waals surface area contributed by atoms with Crippen molar-refractivity contribution in [3.8, 4) is 5.75 Å². The van der Waals surface area contributed by atoms with Gasteiger partial charge in [-0.3, -0.25) is 0 Å². The SMILES string of the molecule is CSc1ccc(B2OC(C)(C)C(C)(C)O2)cc1OC1CCCC1. The topological polar surface area (TPSA) is 27.7 Å². The third-order valence-electron chi connectivity index (χ3n) is 5.31. The van der Waals surface area contributed by atoms with E-state index in [1.54, 1.807) is 11.8 Å². The highest BCUT2D eigenvalue weighted by Crippen LogP contribution is 2.37. The van der Waals surface area contributed by atoms with Crippen LogP contribution in [0.25, 0.3) is 0 Å². The zero-order valence-electron chi connectivity index (χ0n) is 14.8. The van der Waals surface area contributed by atoms with Gasteiger partial charge in [-0.1, -0.05) is 6.07 Å². The Labute approximate surface area is 144 Å². The van der Waals surface area contributed by atoms with Gasteiger partial charge in [-0.25, -0.2) is 0 Å². The van der Waals surface area contributed by atoms with Gasteiger partial charge in [-0.2, -0.15) is 0 Å². The molecule has 2 aliphatic rings. The maximum Gasteiger partial charge on any atom is 0.494 e. The van der Waals surface area contributed by atoms with Crippen LogP contribution in [0.2, 0.25) is 0 Å². The lowest BCUT2D eigenvalue weighted by Crippen LogP contribution is -2.41. The second-order valence-corrected chi connectivity index (χ2v) is 8.37. The predicted octanol–water partition coefficient (Wildman–Crippen LogP) is 4.03. The standard InChI is InChI=1S/C18H27BO3S/c1-17(2)18(3,4)22-19(21-17)13-10-11-16(23-5)15(12-13)20-14-8-6-7-9-14/h10-12,14H,6-9H2,1-5H3. The highest BCUT2D eigenvalue weighted by molar-refractivity contribution is 7.98. The molecule has 0 atom stereocenters. The molecule has 0 amide bonds. The molecule has 1 aromatic rings. The molecule has 2 fully saturated rings. The third kappa shape index (κ3) is 3.42. The van der Waals surface area contributed by atoms with Crippen molar-refractivity contribution >= 4 is 24.3 Å². The Morgan fingerprint density at radius 3 is 2.26 bits per heavy atom. The van der Waals surface area contributed by atoms with Gasteiger partial charge in [0.1, 0.15) is 5.75 Å². The molecule has 0 unspecified atom stereocenters. The highest BCUT2D eigenvalue weighted by Gasteiger charge is 2.51. The average molecular weight is 334 g/mol. The molecule has 0 N–H and O–H groups in total. The van der Waals surface area contributed by atoms with E-state index in [0.29, 0.717) is 6.10 Å². The van der Waals surface area contributed by atoms with Crippen LogP contribution in [0, 0.1) is 0 Å². The number of ether oxygens (including phenoxy) is 1. The number of hydrogen-bond donors (Lipinski definition) is 0. The molecule has 1 aliphatic carbocycles. The van der Waals surface area contributed by atoms with Crippen LogP contribution in [0.4, 0.5) is 0 Å². The first kappa shape index (κ1) is 17.2. The zero-order valence-corrected chi connectivity index (χ0v) is 15.7. The Morgan fingerprint density at radius 1 is 1.09 bits per heavy atom. The zero-order chi connectivity index (χ0) is 16.7. The minimum absolute atomic E-state index is 0.317. The fourth-order valence-corrected chi connectivity index (χ4v) is 3.61. The molecular weight excluding hydrogens is 307 g/mol. The van der Waals surface area contributed by atoms with Gasteiger partial charge in [0.15, 0.2) is 0 Å². The fourth-order valence-electron chi connectivity index (χ4n) is 3.10. The van der Waals surface area contributed by atoms with Crippen LogP contribution in [0.3, 0.4) is 0 Å². The van der Waals surface area contributed by atoms with Crippen LogP contribution in [0.15, 0.2) is 23.1 Å². The molecule has 1 saturated carbocycles. The Balaban J connectivity index is 1.83. The molecule has 3 rings (SSSR count). The number of benzene rings is 1. The van der Waals surface area contributed by atoms with Crippen molar-refractivity contribution in [2.24, 2.45) is 0 Å². The van der Waals surface area contributed by atoms with E-state index in [1.165, 1.54) is 17.7 Å². The number of rotatable bonds is 4. The minimum Gasteiger partial charge on any atom is -0.489 e. The molecule has 1 aromatic carbocycles. The van der Waals surface area contributed by atoms with E-state index in [0.717, 1.165) is 24.1 Å². The van der Waals surface area contributed by atoms with Crippen LogP contribution in [-0.4, -0.2) is 30.7 Å².